The van der Waals surface area contributed by atoms with Crippen LogP contribution in [-0.4, -0.2) is 170 Å². The third kappa shape index (κ3) is 24.5. The van der Waals surface area contributed by atoms with Crippen LogP contribution in [0.25, 0.3) is 98.8 Å². The summed E-state index contributed by atoms with van der Waals surface area (Å²) in [5, 5.41) is 25.3. The van der Waals surface area contributed by atoms with Crippen molar-refractivity contribution in [2.75, 3.05) is 93.4 Å². The normalized spacial score (nSPS) is 12.5. The molecule has 21 rings (SSSR count). The number of halogens is 3. The molecule has 0 radical (unpaired) electrons. The number of alkyl halides is 1. The van der Waals surface area contributed by atoms with Gasteiger partial charge in [0.2, 0.25) is 10.6 Å². The number of amides is 3. The number of hydrogen-bond donors (Lipinski definition) is 6. The molecule has 9 aromatic carbocycles. The Labute approximate surface area is 950 Å². The summed E-state index contributed by atoms with van der Waals surface area (Å²) in [6, 6.07) is 72.1. The number of nitrogens with two attached hydrogens (primary N) is 2. The number of nitrogens with zero attached hydrogens (tertiary/aromatic N) is 11. The summed E-state index contributed by atoms with van der Waals surface area (Å²) < 4.78 is 39.2. The summed E-state index contributed by atoms with van der Waals surface area (Å²) in [6.45, 7) is 9.02. The molecule has 0 atom stereocenters. The van der Waals surface area contributed by atoms with Crippen molar-refractivity contribution >= 4 is 153 Å². The molecule has 30 nitrogen and oxygen atoms in total. The molecular formula is C106H101BrCl2K2N18O12S3. The zero-order valence-corrected chi connectivity index (χ0v) is 92.5. The van der Waals surface area contributed by atoms with Crippen molar-refractivity contribution in [1.82, 2.24) is 63.7 Å². The first-order chi connectivity index (χ1) is 68.0. The van der Waals surface area contributed by atoms with Crippen molar-refractivity contribution < 1.29 is 196 Å². The van der Waals surface area contributed by atoms with Gasteiger partial charge in [0.05, 0.1) is 84.3 Å². The summed E-state index contributed by atoms with van der Waals surface area (Å²) in [5.41, 5.74) is 33.9. The number of aromatic nitrogens is 12. The van der Waals surface area contributed by atoms with Gasteiger partial charge in [-0.25, -0.2) is 19.5 Å². The van der Waals surface area contributed by atoms with Crippen LogP contribution in [0, 0.1) is 31.0 Å². The second kappa shape index (κ2) is 50.0. The molecule has 0 bridgehead atoms. The number of aryl methyl sites for hydroxylation is 3. The number of H-pyrrole nitrogens is 4. The van der Waals surface area contributed by atoms with Gasteiger partial charge in [0.25, 0.3) is 29.4 Å². The molecule has 728 valence electrons. The topological polar surface area (TPSA) is 381 Å². The molecule has 0 spiro atoms. The van der Waals surface area contributed by atoms with E-state index in [9.17, 15) is 19.8 Å². The molecule has 0 unspecified atom stereocenters. The summed E-state index contributed by atoms with van der Waals surface area (Å²) in [4.78, 5) is 93.2. The fourth-order valence-electron chi connectivity index (χ4n) is 17.0. The first-order valence-corrected chi connectivity index (χ1v) is 48.2. The second-order valence-electron chi connectivity index (χ2n) is 33.8. The molecule has 12 heterocycles. The number of carbonyl (C=O) groups is 4. The average Bonchev–Trinajstić information content (AvgIpc) is 1.53. The van der Waals surface area contributed by atoms with Gasteiger partial charge in [0.1, 0.15) is 34.4 Å². The van der Waals surface area contributed by atoms with Crippen LogP contribution < -0.4 is 188 Å². The van der Waals surface area contributed by atoms with Crippen LogP contribution in [0.1, 0.15) is 84.4 Å². The SMILES string of the molecule is COc1cc2nc(=S)n(C3CN(C(=O)c4cc5ccc(-c6cccnc6)cc5[nH]4)C3)c(N)c2cc1OC.COc1cc2nc(SCc3ccc(C)cc3)[n+](C3CN(C(=O)c4cc5ccc(-c6ccc[nH+]c6)cc5[nH]4)C3)c(N)c2cc1OC.COc1cc2nc(SCc3ccc(C)cc3)n(C3CN(C(=O)c4cc5ccc(-c6cccnc6)cc5[nH]4)C3)c(=N)c2cc1OC.Cc1ccc(CBr)cc1.O=CO[O-].[Cl-].[Cl-].[H-].[K+].[K+]. The predicted molar refractivity (Wildman–Crippen MR) is 548 cm³/mol. The van der Waals surface area contributed by atoms with E-state index in [-0.39, 0.29) is 171 Å². The number of thioether (sulfide) groups is 2. The molecule has 9 N–H and O–H groups in total. The number of aromatic amines is 4. The largest absolute Gasteiger partial charge is 1.00 e. The van der Waals surface area contributed by atoms with Gasteiger partial charge in [-0.2, -0.15) is 0 Å². The molecule has 3 aliphatic rings. The van der Waals surface area contributed by atoms with E-state index in [0.717, 1.165) is 104 Å². The number of rotatable bonds is 23. The van der Waals surface area contributed by atoms with Gasteiger partial charge in [-0.1, -0.05) is 171 Å². The number of pyridine rings is 3. The van der Waals surface area contributed by atoms with Crippen molar-refractivity contribution in [3.8, 4) is 67.9 Å². The molecule has 38 heteroatoms. The molecule has 0 saturated carbocycles. The van der Waals surface area contributed by atoms with Gasteiger partial charge >= 0.3 is 103 Å². The Kier molecular flexibility index (Phi) is 38.0. The smallest absolute Gasteiger partial charge is 1.00 e. The van der Waals surface area contributed by atoms with Crippen LogP contribution in [0.15, 0.2) is 266 Å². The first kappa shape index (κ1) is 110. The minimum atomic E-state index is -0.181. The van der Waals surface area contributed by atoms with E-state index in [0.29, 0.717) is 135 Å². The number of likely N-dealkylation sites (tertiary alicyclic amines) is 3. The van der Waals surface area contributed by atoms with Gasteiger partial charge < -0.3 is 106 Å². The van der Waals surface area contributed by atoms with E-state index in [1.807, 2.05) is 153 Å². The number of nitrogens with one attached hydrogen (secondary N) is 5. The molecule has 3 saturated heterocycles. The number of ether oxygens (including phenoxy) is 6. The third-order valence-corrected chi connectivity index (χ3v) is 27.7. The van der Waals surface area contributed by atoms with Crippen molar-refractivity contribution in [3.05, 3.63) is 316 Å². The Morgan fingerprint density at radius 1 is 0.500 bits per heavy atom. The van der Waals surface area contributed by atoms with E-state index in [4.69, 9.17) is 72.1 Å². The Morgan fingerprint density at radius 3 is 1.31 bits per heavy atom. The van der Waals surface area contributed by atoms with Crippen LogP contribution in [0.4, 0.5) is 11.6 Å². The summed E-state index contributed by atoms with van der Waals surface area (Å²) >= 11 is 12.2. The number of nitrogen functional groups attached to an aromatic ring is 2. The Morgan fingerprint density at radius 2 is 0.889 bits per heavy atom. The first-order valence-electron chi connectivity index (χ1n) is 44.7. The second-order valence-corrected chi connectivity index (χ2v) is 36.6. The monoisotopic (exact) mass is 2140 g/mol. The molecule has 144 heavy (non-hydrogen) atoms. The number of fused-ring (bicyclic) bond motifs is 6. The number of carbonyl (C=O) groups excluding carboxylic acids is 4. The van der Waals surface area contributed by atoms with Gasteiger partial charge in [0.15, 0.2) is 57.6 Å². The standard InChI is InChI=1S/2C35H32N6O3S.C27H24N6O3S.C8H9Br.CH2O3.2ClH.2K.H/c2*1-21-6-8-22(9-7-21)20-45-35-39-29-16-32(44-3)31(43-2)15-27(29)33(36)41(35)26-18-40(19-26)34(42)30-14-24-11-10-23(13-28(24)38-30)25-5-4-12-37-17-25;1-35-23-10-19-21(11-24(23)36-2)31-27(37)33(25(19)28)18-13-32(14-18)26(34)22-9-16-6-5-15(8-20(16)30-22)17-4-3-7-29-12-17;1-7-2-4-8(6-9)5-3-7;2-1-4-3;;;;;/h4-17,26,36H,18-20H2,1-3H3,(H,38,42);4-17,26,36,38H,18-20H2,1-3H3;3-12,18,30H,13-14,28H2,1-2H3;2-5H,6H2,1H3;1,3H;2*1H;;;/q;;;;;;;2*+1;-1/p-1. The zero-order chi connectivity index (χ0) is 97.9. The summed E-state index contributed by atoms with van der Waals surface area (Å²) in [5.74, 6) is 5.75. The maximum Gasteiger partial charge on any atom is 1.00 e. The molecule has 3 aliphatic heterocycles. The number of hydrogen-bond acceptors (Lipinski definition) is 23. The van der Waals surface area contributed by atoms with Gasteiger partial charge in [-0.05, 0) is 145 Å². The maximum absolute atomic E-state index is 13.6. The van der Waals surface area contributed by atoms with Gasteiger partial charge in [-0.3, -0.25) is 43.7 Å². The summed E-state index contributed by atoms with van der Waals surface area (Å²) in [7, 11) is 9.53. The molecule has 18 aromatic rings. The minimum absolute atomic E-state index is 0. The van der Waals surface area contributed by atoms with Gasteiger partial charge in [-0.15, -0.1) is 0 Å². The molecular weight excluding hydrogens is 2040 g/mol. The summed E-state index contributed by atoms with van der Waals surface area (Å²) in [6.07, 6.45) is 11.0. The van der Waals surface area contributed by atoms with E-state index >= 15 is 0 Å². The number of anilines is 2. The fourth-order valence-corrected chi connectivity index (χ4v) is 19.8. The van der Waals surface area contributed by atoms with Crippen molar-refractivity contribution in [2.24, 2.45) is 0 Å². The number of methoxy groups -OCH3 is 6. The van der Waals surface area contributed by atoms with Gasteiger partial charge in [0, 0.05) is 158 Å². The molecule has 0 aliphatic carbocycles. The molecule has 3 amide bonds. The van der Waals surface area contributed by atoms with E-state index < -0.39 is 0 Å². The Bertz CT molecular complexity index is 7790. The third-order valence-electron chi connectivity index (χ3n) is 24.8. The van der Waals surface area contributed by atoms with E-state index in [1.54, 1.807) is 102 Å². The van der Waals surface area contributed by atoms with Crippen LogP contribution in [0.2, 0.25) is 0 Å². The van der Waals surface area contributed by atoms with Crippen LogP contribution >= 0.6 is 51.7 Å². The van der Waals surface area contributed by atoms with Crippen molar-refractivity contribution in [3.63, 3.8) is 0 Å². The Balaban J connectivity index is 0.000000180. The average molecular weight is 2140 g/mol. The van der Waals surface area contributed by atoms with Crippen LogP contribution in [-0.2, 0) is 26.5 Å². The van der Waals surface area contributed by atoms with Crippen LogP contribution in [0.5, 0.6) is 34.5 Å². The molecule has 3 fully saturated rings. The number of benzene rings is 9. The van der Waals surface area contributed by atoms with E-state index in [2.05, 4.69) is 172 Å². The quantitative estimate of drug-likeness (QED) is 0.00506. The van der Waals surface area contributed by atoms with Crippen LogP contribution in [0.3, 0.4) is 0 Å². The minimum Gasteiger partial charge on any atom is -1.00 e. The maximum atomic E-state index is 13.6. The predicted octanol–water partition coefficient (Wildman–Crippen LogP) is 5.81. The fraction of sp³-hybridized carbons (Fsp3) is 0.198. The Hall–Kier alpha value is -11.6. The van der Waals surface area contributed by atoms with Crippen molar-refractivity contribution in [1.29, 1.82) is 5.41 Å². The van der Waals surface area contributed by atoms with E-state index in [1.165, 1.54) is 33.4 Å². The molecule has 9 aromatic heterocycles. The zero-order valence-electron chi connectivity index (χ0n) is 81.8. The van der Waals surface area contributed by atoms with Crippen molar-refractivity contribution in [2.45, 2.75) is 66.0 Å².